The Kier molecular flexibility index (Phi) is 3.71. The smallest absolute Gasteiger partial charge is 0.336 e. The zero-order valence-electron chi connectivity index (χ0n) is 10.7. The minimum absolute atomic E-state index is 0.0720. The summed E-state index contributed by atoms with van der Waals surface area (Å²) in [7, 11) is 0. The monoisotopic (exact) mass is 285 g/mol. The lowest BCUT2D eigenvalue weighted by atomic mass is 9.96. The van der Waals surface area contributed by atoms with Gasteiger partial charge in [0.15, 0.2) is 5.78 Å². The molecule has 0 saturated carbocycles. The summed E-state index contributed by atoms with van der Waals surface area (Å²) in [6, 6.07) is 9.38. The van der Waals surface area contributed by atoms with Gasteiger partial charge in [0, 0.05) is 16.8 Å². The van der Waals surface area contributed by atoms with Crippen LogP contribution in [-0.2, 0) is 0 Å². The summed E-state index contributed by atoms with van der Waals surface area (Å²) in [6.45, 7) is 0. The Morgan fingerprint density at radius 1 is 0.762 bits per heavy atom. The van der Waals surface area contributed by atoms with Crippen molar-refractivity contribution in [3.63, 3.8) is 0 Å². The second-order valence-corrected chi connectivity index (χ2v) is 4.32. The SMILES string of the molecule is Nc1ccc(C(=O)c2ccc(C(=O)O)cc2C(=O)O)cc1. The van der Waals surface area contributed by atoms with Gasteiger partial charge in [0.05, 0.1) is 11.1 Å². The molecule has 2 rings (SSSR count). The third kappa shape index (κ3) is 2.89. The highest BCUT2D eigenvalue weighted by Crippen LogP contribution is 2.18. The van der Waals surface area contributed by atoms with Gasteiger partial charge in [-0.3, -0.25) is 4.79 Å². The maximum atomic E-state index is 12.3. The van der Waals surface area contributed by atoms with Crippen LogP contribution in [0.15, 0.2) is 42.5 Å². The molecule has 0 bridgehead atoms. The number of rotatable bonds is 4. The first-order chi connectivity index (χ1) is 9.90. The molecule has 0 radical (unpaired) electrons. The second kappa shape index (κ2) is 5.46. The molecule has 6 nitrogen and oxygen atoms in total. The molecule has 0 saturated heterocycles. The van der Waals surface area contributed by atoms with E-state index in [-0.39, 0.29) is 22.3 Å². The molecule has 2 aromatic rings. The topological polar surface area (TPSA) is 118 Å². The average Bonchev–Trinajstić information content (AvgIpc) is 2.46. The van der Waals surface area contributed by atoms with Gasteiger partial charge in [-0.1, -0.05) is 0 Å². The predicted molar refractivity (Wildman–Crippen MR) is 74.6 cm³/mol. The molecule has 0 aliphatic heterocycles. The van der Waals surface area contributed by atoms with Crippen molar-refractivity contribution in [1.29, 1.82) is 0 Å². The Hall–Kier alpha value is -3.15. The van der Waals surface area contributed by atoms with E-state index >= 15 is 0 Å². The maximum absolute atomic E-state index is 12.3. The molecule has 0 amide bonds. The predicted octanol–water partition coefficient (Wildman–Crippen LogP) is 1.90. The van der Waals surface area contributed by atoms with Crippen molar-refractivity contribution < 1.29 is 24.6 Å². The Bertz CT molecular complexity index is 734. The summed E-state index contributed by atoms with van der Waals surface area (Å²) in [5.41, 5.74) is 5.66. The van der Waals surface area contributed by atoms with Gasteiger partial charge in [-0.15, -0.1) is 0 Å². The van der Waals surface area contributed by atoms with E-state index < -0.39 is 17.7 Å². The van der Waals surface area contributed by atoms with Crippen LogP contribution < -0.4 is 5.73 Å². The number of nitrogen functional groups attached to an aromatic ring is 1. The van der Waals surface area contributed by atoms with Crippen molar-refractivity contribution in [3.05, 3.63) is 64.7 Å². The third-order valence-electron chi connectivity index (χ3n) is 2.91. The zero-order valence-corrected chi connectivity index (χ0v) is 10.7. The Morgan fingerprint density at radius 2 is 1.33 bits per heavy atom. The van der Waals surface area contributed by atoms with Crippen LogP contribution in [0, 0.1) is 0 Å². The number of nitrogens with two attached hydrogens (primary N) is 1. The molecular weight excluding hydrogens is 274 g/mol. The van der Waals surface area contributed by atoms with Crippen molar-refractivity contribution >= 4 is 23.4 Å². The number of anilines is 1. The highest BCUT2D eigenvalue weighted by Gasteiger charge is 2.20. The largest absolute Gasteiger partial charge is 0.478 e. The molecular formula is C15H11NO5. The Labute approximate surface area is 119 Å². The minimum Gasteiger partial charge on any atom is -0.478 e. The van der Waals surface area contributed by atoms with Crippen LogP contribution in [0.2, 0.25) is 0 Å². The molecule has 0 spiro atoms. The molecule has 0 aromatic heterocycles. The van der Waals surface area contributed by atoms with Crippen LogP contribution in [0.1, 0.15) is 36.6 Å². The van der Waals surface area contributed by atoms with E-state index in [1.807, 2.05) is 0 Å². The van der Waals surface area contributed by atoms with Crippen molar-refractivity contribution in [3.8, 4) is 0 Å². The van der Waals surface area contributed by atoms with Crippen LogP contribution in [-0.4, -0.2) is 27.9 Å². The van der Waals surface area contributed by atoms with Gasteiger partial charge < -0.3 is 15.9 Å². The van der Waals surface area contributed by atoms with Gasteiger partial charge in [-0.2, -0.15) is 0 Å². The molecule has 2 aromatic carbocycles. The van der Waals surface area contributed by atoms with Crippen LogP contribution >= 0.6 is 0 Å². The lowest BCUT2D eigenvalue weighted by Crippen LogP contribution is -2.11. The van der Waals surface area contributed by atoms with Gasteiger partial charge >= 0.3 is 11.9 Å². The number of carbonyl (C=O) groups excluding carboxylic acids is 1. The van der Waals surface area contributed by atoms with E-state index in [0.29, 0.717) is 5.69 Å². The Morgan fingerprint density at radius 3 is 1.86 bits per heavy atom. The molecule has 106 valence electrons. The van der Waals surface area contributed by atoms with Crippen LogP contribution in [0.25, 0.3) is 0 Å². The molecule has 4 N–H and O–H groups in total. The van der Waals surface area contributed by atoms with Gasteiger partial charge in [0.25, 0.3) is 0 Å². The van der Waals surface area contributed by atoms with E-state index in [4.69, 9.17) is 15.9 Å². The van der Waals surface area contributed by atoms with E-state index in [1.54, 1.807) is 0 Å². The molecule has 0 aliphatic rings. The van der Waals surface area contributed by atoms with E-state index in [1.165, 1.54) is 36.4 Å². The number of carboxylic acids is 2. The molecule has 0 aliphatic carbocycles. The second-order valence-electron chi connectivity index (χ2n) is 4.32. The van der Waals surface area contributed by atoms with Gasteiger partial charge in [-0.05, 0) is 42.5 Å². The lowest BCUT2D eigenvalue weighted by Gasteiger charge is -2.07. The van der Waals surface area contributed by atoms with Crippen molar-refractivity contribution in [2.75, 3.05) is 5.73 Å². The van der Waals surface area contributed by atoms with Crippen LogP contribution in [0.5, 0.6) is 0 Å². The number of carbonyl (C=O) groups is 3. The van der Waals surface area contributed by atoms with E-state index in [2.05, 4.69) is 0 Å². The normalized spacial score (nSPS) is 10.1. The maximum Gasteiger partial charge on any atom is 0.336 e. The van der Waals surface area contributed by atoms with Gasteiger partial charge in [0.1, 0.15) is 0 Å². The molecule has 0 fully saturated rings. The van der Waals surface area contributed by atoms with Crippen molar-refractivity contribution in [2.45, 2.75) is 0 Å². The first-order valence-electron chi connectivity index (χ1n) is 5.91. The number of aromatic carboxylic acids is 2. The summed E-state index contributed by atoms with van der Waals surface area (Å²) in [6.07, 6.45) is 0. The van der Waals surface area contributed by atoms with E-state index in [9.17, 15) is 14.4 Å². The molecule has 0 heterocycles. The number of carboxylic acid groups (broad SMARTS) is 2. The van der Waals surface area contributed by atoms with Crippen molar-refractivity contribution in [1.82, 2.24) is 0 Å². The summed E-state index contributed by atoms with van der Waals surface area (Å²) >= 11 is 0. The third-order valence-corrected chi connectivity index (χ3v) is 2.91. The van der Waals surface area contributed by atoms with Gasteiger partial charge in [-0.25, -0.2) is 9.59 Å². The first kappa shape index (κ1) is 14.3. The standard InChI is InChI=1S/C15H11NO5/c16-10-4-1-8(2-5-10)13(17)11-6-3-9(14(18)19)7-12(11)15(20)21/h1-7H,16H2,(H,18,19)(H,20,21). The molecule has 0 unspecified atom stereocenters. The average molecular weight is 285 g/mol. The zero-order chi connectivity index (χ0) is 15.6. The number of benzene rings is 2. The van der Waals surface area contributed by atoms with Crippen LogP contribution in [0.3, 0.4) is 0 Å². The minimum atomic E-state index is -1.36. The fourth-order valence-electron chi connectivity index (χ4n) is 1.84. The molecule has 21 heavy (non-hydrogen) atoms. The number of ketones is 1. The summed E-state index contributed by atoms with van der Waals surface area (Å²) in [5, 5.41) is 18.0. The van der Waals surface area contributed by atoms with Crippen molar-refractivity contribution in [2.24, 2.45) is 0 Å². The summed E-state index contributed by atoms with van der Waals surface area (Å²) in [4.78, 5) is 34.4. The van der Waals surface area contributed by atoms with Crippen LogP contribution in [0.4, 0.5) is 5.69 Å². The highest BCUT2D eigenvalue weighted by molar-refractivity contribution is 6.14. The fourth-order valence-corrected chi connectivity index (χ4v) is 1.84. The highest BCUT2D eigenvalue weighted by atomic mass is 16.4. The quantitative estimate of drug-likeness (QED) is 0.583. The summed E-state index contributed by atoms with van der Waals surface area (Å²) < 4.78 is 0. The number of hydrogen-bond acceptors (Lipinski definition) is 4. The number of hydrogen-bond donors (Lipinski definition) is 3. The lowest BCUT2D eigenvalue weighted by molar-refractivity contribution is 0.0692. The fraction of sp³-hybridized carbons (Fsp3) is 0. The summed E-state index contributed by atoms with van der Waals surface area (Å²) in [5.74, 6) is -3.13. The molecule has 0 atom stereocenters. The van der Waals surface area contributed by atoms with E-state index in [0.717, 1.165) is 6.07 Å². The Balaban J connectivity index is 2.52. The van der Waals surface area contributed by atoms with Gasteiger partial charge in [0.2, 0.25) is 0 Å². The first-order valence-corrected chi connectivity index (χ1v) is 5.91. The molecule has 6 heteroatoms.